The Morgan fingerprint density at radius 1 is 1.25 bits per heavy atom. The minimum absolute atomic E-state index is 0.0768. The highest BCUT2D eigenvalue weighted by molar-refractivity contribution is 7.88. The molecule has 0 unspecified atom stereocenters. The third-order valence-electron chi connectivity index (χ3n) is 4.27. The number of rotatable bonds is 5. The van der Waals surface area contributed by atoms with E-state index in [1.165, 1.54) is 15.1 Å². The number of halogens is 2. The quantitative estimate of drug-likeness (QED) is 0.826. The molecule has 0 amide bonds. The van der Waals surface area contributed by atoms with Crippen molar-refractivity contribution >= 4 is 20.9 Å². The maximum absolute atomic E-state index is 12.6. The van der Waals surface area contributed by atoms with Gasteiger partial charge in [-0.25, -0.2) is 21.5 Å². The SMILES string of the molecule is CS(=O)(=O)N1CCC(Oc2cccc3c2ccn3CC(F)F)CC1. The molecule has 0 N–H and O–H groups in total. The molecule has 132 valence electrons. The van der Waals surface area contributed by atoms with Gasteiger partial charge in [-0.3, -0.25) is 0 Å². The first-order valence-electron chi connectivity index (χ1n) is 7.82. The predicted molar refractivity (Wildman–Crippen MR) is 88.0 cm³/mol. The molecule has 0 saturated carbocycles. The van der Waals surface area contributed by atoms with Crippen LogP contribution >= 0.6 is 0 Å². The van der Waals surface area contributed by atoms with Crippen molar-refractivity contribution in [1.82, 2.24) is 8.87 Å². The van der Waals surface area contributed by atoms with Crippen molar-refractivity contribution in [3.8, 4) is 5.75 Å². The Morgan fingerprint density at radius 2 is 1.96 bits per heavy atom. The lowest BCUT2D eigenvalue weighted by Gasteiger charge is -2.30. The number of benzene rings is 1. The maximum Gasteiger partial charge on any atom is 0.256 e. The third kappa shape index (κ3) is 3.70. The number of fused-ring (bicyclic) bond motifs is 1. The molecule has 5 nitrogen and oxygen atoms in total. The summed E-state index contributed by atoms with van der Waals surface area (Å²) in [5.41, 5.74) is 0.710. The fourth-order valence-corrected chi connectivity index (χ4v) is 3.94. The summed E-state index contributed by atoms with van der Waals surface area (Å²) in [6.45, 7) is 0.525. The van der Waals surface area contributed by atoms with Crippen molar-refractivity contribution in [2.75, 3.05) is 19.3 Å². The van der Waals surface area contributed by atoms with E-state index in [-0.39, 0.29) is 12.6 Å². The smallest absolute Gasteiger partial charge is 0.256 e. The number of hydrogen-bond donors (Lipinski definition) is 0. The Morgan fingerprint density at radius 3 is 2.58 bits per heavy atom. The van der Waals surface area contributed by atoms with E-state index < -0.39 is 16.4 Å². The van der Waals surface area contributed by atoms with Crippen molar-refractivity contribution in [2.45, 2.75) is 31.9 Å². The van der Waals surface area contributed by atoms with E-state index in [1.54, 1.807) is 24.4 Å². The van der Waals surface area contributed by atoms with Gasteiger partial charge in [0.25, 0.3) is 6.43 Å². The summed E-state index contributed by atoms with van der Waals surface area (Å²) < 4.78 is 57.3. The van der Waals surface area contributed by atoms with Gasteiger partial charge in [-0.1, -0.05) is 6.07 Å². The molecule has 1 aliphatic rings. The van der Waals surface area contributed by atoms with Gasteiger partial charge in [-0.05, 0) is 31.0 Å². The first-order chi connectivity index (χ1) is 11.3. The molecule has 1 aliphatic heterocycles. The molecule has 1 aromatic heterocycles. The van der Waals surface area contributed by atoms with Crippen molar-refractivity contribution in [3.05, 3.63) is 30.5 Å². The van der Waals surface area contributed by atoms with Crippen LogP contribution in [0.15, 0.2) is 30.5 Å². The third-order valence-corrected chi connectivity index (χ3v) is 5.58. The molecule has 24 heavy (non-hydrogen) atoms. The molecule has 0 aliphatic carbocycles. The van der Waals surface area contributed by atoms with Crippen LogP contribution in [-0.2, 0) is 16.6 Å². The molecule has 8 heteroatoms. The van der Waals surface area contributed by atoms with Gasteiger partial charge >= 0.3 is 0 Å². The first kappa shape index (κ1) is 17.2. The number of aromatic nitrogens is 1. The van der Waals surface area contributed by atoms with Gasteiger partial charge in [0.1, 0.15) is 11.9 Å². The van der Waals surface area contributed by atoms with Crippen molar-refractivity contribution in [2.24, 2.45) is 0 Å². The van der Waals surface area contributed by atoms with E-state index >= 15 is 0 Å². The highest BCUT2D eigenvalue weighted by Crippen LogP contribution is 2.29. The standard InChI is InChI=1S/C16H20F2N2O3S/c1-24(21,22)20-9-5-12(6-10-20)23-15-4-2-3-14-13(15)7-8-19(14)11-16(17)18/h2-4,7-8,12,16H,5-6,9-11H2,1H3. The Labute approximate surface area is 139 Å². The van der Waals surface area contributed by atoms with Gasteiger partial charge in [0.05, 0.1) is 18.3 Å². The van der Waals surface area contributed by atoms with Crippen LogP contribution in [0.25, 0.3) is 10.9 Å². The number of nitrogens with zero attached hydrogens (tertiary/aromatic N) is 2. The second kappa shape index (κ2) is 6.68. The molecular formula is C16H20F2N2O3S. The van der Waals surface area contributed by atoms with Gasteiger partial charge in [-0.15, -0.1) is 0 Å². The zero-order valence-corrected chi connectivity index (χ0v) is 14.2. The predicted octanol–water partition coefficient (Wildman–Crippen LogP) is 2.71. The molecule has 0 bridgehead atoms. The van der Waals surface area contributed by atoms with E-state index in [0.29, 0.717) is 37.2 Å². The monoisotopic (exact) mass is 358 g/mol. The second-order valence-electron chi connectivity index (χ2n) is 6.03. The summed E-state index contributed by atoms with van der Waals surface area (Å²) in [5, 5.41) is 0.795. The molecule has 0 radical (unpaired) electrons. The van der Waals surface area contributed by atoms with Crippen LogP contribution in [0.3, 0.4) is 0 Å². The molecule has 2 heterocycles. The molecular weight excluding hydrogens is 338 g/mol. The van der Waals surface area contributed by atoms with Gasteiger partial charge in [0.15, 0.2) is 0 Å². The Kier molecular flexibility index (Phi) is 4.78. The van der Waals surface area contributed by atoms with Crippen LogP contribution in [0.4, 0.5) is 8.78 Å². The zero-order chi connectivity index (χ0) is 17.3. The molecule has 0 atom stereocenters. The number of alkyl halides is 2. The van der Waals surface area contributed by atoms with E-state index in [4.69, 9.17) is 4.74 Å². The van der Waals surface area contributed by atoms with E-state index in [2.05, 4.69) is 0 Å². The van der Waals surface area contributed by atoms with E-state index in [9.17, 15) is 17.2 Å². The summed E-state index contributed by atoms with van der Waals surface area (Å²) in [6.07, 6.45) is 1.58. The topological polar surface area (TPSA) is 51.5 Å². The fourth-order valence-electron chi connectivity index (χ4n) is 3.07. The van der Waals surface area contributed by atoms with Crippen LogP contribution in [-0.4, -0.2) is 49.2 Å². The van der Waals surface area contributed by atoms with E-state index in [1.807, 2.05) is 6.07 Å². The summed E-state index contributed by atoms with van der Waals surface area (Å²) in [7, 11) is -3.16. The van der Waals surface area contributed by atoms with Gasteiger partial charge in [0.2, 0.25) is 10.0 Å². The van der Waals surface area contributed by atoms with E-state index in [0.717, 1.165) is 5.39 Å². The lowest BCUT2D eigenvalue weighted by molar-refractivity contribution is 0.128. The lowest BCUT2D eigenvalue weighted by atomic mass is 10.1. The van der Waals surface area contributed by atoms with Crippen molar-refractivity contribution in [3.63, 3.8) is 0 Å². The minimum Gasteiger partial charge on any atom is -0.490 e. The average molecular weight is 358 g/mol. The number of ether oxygens (including phenoxy) is 1. The summed E-state index contributed by atoms with van der Waals surface area (Å²) in [4.78, 5) is 0. The van der Waals surface area contributed by atoms with Gasteiger partial charge in [0, 0.05) is 24.7 Å². The molecule has 2 aromatic rings. The van der Waals surface area contributed by atoms with Crippen LogP contribution < -0.4 is 4.74 Å². The highest BCUT2D eigenvalue weighted by Gasteiger charge is 2.26. The summed E-state index contributed by atoms with van der Waals surface area (Å²) in [5.74, 6) is 0.651. The zero-order valence-electron chi connectivity index (χ0n) is 13.4. The number of piperidine rings is 1. The summed E-state index contributed by atoms with van der Waals surface area (Å²) in [6, 6.07) is 7.17. The average Bonchev–Trinajstić information content (AvgIpc) is 2.90. The first-order valence-corrected chi connectivity index (χ1v) is 9.67. The van der Waals surface area contributed by atoms with Crippen LogP contribution in [0.2, 0.25) is 0 Å². The second-order valence-corrected chi connectivity index (χ2v) is 8.01. The van der Waals surface area contributed by atoms with Crippen LogP contribution in [0.1, 0.15) is 12.8 Å². The normalized spacial score (nSPS) is 17.7. The summed E-state index contributed by atoms with van der Waals surface area (Å²) >= 11 is 0. The molecule has 0 spiro atoms. The Hall–Kier alpha value is -1.67. The van der Waals surface area contributed by atoms with Crippen LogP contribution in [0.5, 0.6) is 5.75 Å². The maximum atomic E-state index is 12.6. The molecule has 3 rings (SSSR count). The molecule has 1 fully saturated rings. The van der Waals surface area contributed by atoms with Gasteiger partial charge in [-0.2, -0.15) is 0 Å². The Balaban J connectivity index is 1.73. The minimum atomic E-state index is -3.16. The number of hydrogen-bond acceptors (Lipinski definition) is 3. The van der Waals surface area contributed by atoms with Crippen LogP contribution in [0, 0.1) is 0 Å². The fraction of sp³-hybridized carbons (Fsp3) is 0.500. The highest BCUT2D eigenvalue weighted by atomic mass is 32.2. The number of sulfonamides is 1. The lowest BCUT2D eigenvalue weighted by Crippen LogP contribution is -2.41. The Bertz CT molecular complexity index is 812. The molecule has 1 saturated heterocycles. The van der Waals surface area contributed by atoms with Gasteiger partial charge < -0.3 is 9.30 Å². The largest absolute Gasteiger partial charge is 0.490 e. The van der Waals surface area contributed by atoms with Crippen molar-refractivity contribution < 1.29 is 21.9 Å². The molecule has 1 aromatic carbocycles. The van der Waals surface area contributed by atoms with Crippen molar-refractivity contribution in [1.29, 1.82) is 0 Å².